The van der Waals surface area contributed by atoms with Crippen molar-refractivity contribution in [3.8, 4) is 17.6 Å². The van der Waals surface area contributed by atoms with Crippen LogP contribution in [0, 0.1) is 11.3 Å². The summed E-state index contributed by atoms with van der Waals surface area (Å²) in [7, 11) is -2.73. The molecule has 40 heavy (non-hydrogen) atoms. The minimum absolute atomic E-state index is 0.131. The number of rotatable bonds is 23. The van der Waals surface area contributed by atoms with Gasteiger partial charge in [0, 0.05) is 13.7 Å². The van der Waals surface area contributed by atoms with Gasteiger partial charge in [-0.1, -0.05) is 101 Å². The lowest BCUT2D eigenvalue weighted by Crippen LogP contribution is -2.29. The number of nitrogens with zero attached hydrogens (tertiary/aromatic N) is 2. The molecule has 222 valence electrons. The summed E-state index contributed by atoms with van der Waals surface area (Å²) in [5.41, 5.74) is 0.278. The largest absolute Gasteiger partial charge is 0.529 e. The quantitative estimate of drug-likeness (QED) is 0.0928. The molecule has 0 aliphatic heterocycles. The lowest BCUT2D eigenvalue weighted by molar-refractivity contribution is 0.0171. The zero-order valence-electron chi connectivity index (χ0n) is 23.9. The Morgan fingerprint density at radius 1 is 0.925 bits per heavy atom. The van der Waals surface area contributed by atoms with Crippen LogP contribution in [0.4, 0.5) is 0 Å². The van der Waals surface area contributed by atoms with Crippen molar-refractivity contribution in [1.29, 1.82) is 5.26 Å². The van der Waals surface area contributed by atoms with Crippen molar-refractivity contribution in [2.45, 2.75) is 90.1 Å². The van der Waals surface area contributed by atoms with Crippen molar-refractivity contribution in [3.05, 3.63) is 53.3 Å². The topological polar surface area (TPSA) is 99.9 Å². The third-order valence-corrected chi connectivity index (χ3v) is 7.93. The summed E-state index contributed by atoms with van der Waals surface area (Å²) in [5.74, 6) is 0.618. The van der Waals surface area contributed by atoms with E-state index >= 15 is 0 Å². The lowest BCUT2D eigenvalue weighted by atomic mass is 10.1. The molecule has 2 atom stereocenters. The molecule has 1 unspecified atom stereocenters. The SMILES string of the molecule is CCCCCCCCCCCCCCOC[C@H](COP(=O)(OC)Oc1ccccc1Cl)Oc1ccc(C#N)nc1. The Bertz CT molecular complexity index is 1030. The summed E-state index contributed by atoms with van der Waals surface area (Å²) in [6, 6.07) is 11.8. The Labute approximate surface area is 244 Å². The highest BCUT2D eigenvalue weighted by Gasteiger charge is 2.30. The second kappa shape index (κ2) is 20.7. The van der Waals surface area contributed by atoms with E-state index in [0.717, 1.165) is 12.8 Å². The first-order valence-electron chi connectivity index (χ1n) is 14.3. The Hall–Kier alpha value is -2.14. The van der Waals surface area contributed by atoms with Gasteiger partial charge in [-0.15, -0.1) is 0 Å². The fourth-order valence-electron chi connectivity index (χ4n) is 4.01. The minimum atomic E-state index is -3.97. The number of halogens is 1. The van der Waals surface area contributed by atoms with Gasteiger partial charge in [0.2, 0.25) is 0 Å². The molecule has 0 aliphatic rings. The van der Waals surface area contributed by atoms with Crippen molar-refractivity contribution in [2.24, 2.45) is 0 Å². The smallest absolute Gasteiger partial charge is 0.484 e. The molecule has 0 saturated carbocycles. The number of unbranched alkanes of at least 4 members (excludes halogenated alkanes) is 11. The van der Waals surface area contributed by atoms with Crippen LogP contribution in [0.5, 0.6) is 11.5 Å². The summed E-state index contributed by atoms with van der Waals surface area (Å²) in [4.78, 5) is 4.03. The molecule has 8 nitrogen and oxygen atoms in total. The van der Waals surface area contributed by atoms with Gasteiger partial charge in [-0.2, -0.15) is 5.26 Å². The predicted molar refractivity (Wildman–Crippen MR) is 158 cm³/mol. The van der Waals surface area contributed by atoms with Gasteiger partial charge in [0.1, 0.15) is 29.4 Å². The highest BCUT2D eigenvalue weighted by Crippen LogP contribution is 2.50. The van der Waals surface area contributed by atoms with Crippen LogP contribution in [0.3, 0.4) is 0 Å². The first-order chi connectivity index (χ1) is 19.5. The number of pyridine rings is 1. The number of nitriles is 1. The molecule has 2 aromatic rings. The molecule has 10 heteroatoms. The van der Waals surface area contributed by atoms with Crippen LogP contribution in [-0.4, -0.2) is 38.0 Å². The summed E-state index contributed by atoms with van der Waals surface area (Å²) >= 11 is 6.12. The average Bonchev–Trinajstić information content (AvgIpc) is 2.97. The first-order valence-corrected chi connectivity index (χ1v) is 16.2. The lowest BCUT2D eigenvalue weighted by Gasteiger charge is -2.22. The molecule has 0 amide bonds. The third-order valence-electron chi connectivity index (χ3n) is 6.29. The number of aromatic nitrogens is 1. The molecular formula is C30H44ClN2O6P. The highest BCUT2D eigenvalue weighted by molar-refractivity contribution is 7.48. The molecule has 0 radical (unpaired) electrons. The maximum Gasteiger partial charge on any atom is 0.529 e. The van der Waals surface area contributed by atoms with Crippen LogP contribution < -0.4 is 9.26 Å². The van der Waals surface area contributed by atoms with Gasteiger partial charge < -0.3 is 14.0 Å². The van der Waals surface area contributed by atoms with E-state index in [0.29, 0.717) is 12.4 Å². The van der Waals surface area contributed by atoms with Gasteiger partial charge in [0.25, 0.3) is 0 Å². The molecule has 2 rings (SSSR count). The number of benzene rings is 1. The van der Waals surface area contributed by atoms with Crippen LogP contribution in [0.15, 0.2) is 42.6 Å². The number of phosphoric acid groups is 1. The molecule has 0 bridgehead atoms. The second-order valence-electron chi connectivity index (χ2n) is 9.64. The van der Waals surface area contributed by atoms with E-state index in [2.05, 4.69) is 11.9 Å². The molecule has 1 aromatic heterocycles. The Morgan fingerprint density at radius 3 is 2.15 bits per heavy atom. The van der Waals surface area contributed by atoms with Crippen LogP contribution in [0.1, 0.15) is 89.7 Å². The molecule has 1 aromatic carbocycles. The molecule has 0 spiro atoms. The molecule has 0 saturated heterocycles. The number of hydrogen-bond donors (Lipinski definition) is 0. The number of phosphoric ester groups is 1. The molecule has 0 fully saturated rings. The van der Waals surface area contributed by atoms with E-state index < -0.39 is 13.9 Å². The second-order valence-corrected chi connectivity index (χ2v) is 11.7. The summed E-state index contributed by atoms with van der Waals surface area (Å²) < 4.78 is 41.0. The zero-order valence-corrected chi connectivity index (χ0v) is 25.5. The first kappa shape index (κ1) is 34.1. The van der Waals surface area contributed by atoms with Crippen molar-refractivity contribution in [3.63, 3.8) is 0 Å². The van der Waals surface area contributed by atoms with Gasteiger partial charge in [-0.3, -0.25) is 9.05 Å². The van der Waals surface area contributed by atoms with E-state index in [1.807, 2.05) is 6.07 Å². The van der Waals surface area contributed by atoms with E-state index in [1.165, 1.54) is 77.5 Å². The maximum atomic E-state index is 13.1. The Balaban J connectivity index is 1.75. The maximum absolute atomic E-state index is 13.1. The Kier molecular flexibility index (Phi) is 17.6. The normalized spacial score (nSPS) is 13.3. The summed E-state index contributed by atoms with van der Waals surface area (Å²) in [5, 5.41) is 9.27. The zero-order chi connectivity index (χ0) is 28.9. The Morgan fingerprint density at radius 2 is 1.57 bits per heavy atom. The molecule has 1 heterocycles. The van der Waals surface area contributed by atoms with Gasteiger partial charge in [0.15, 0.2) is 0 Å². The van der Waals surface area contributed by atoms with Crippen molar-refractivity contribution in [1.82, 2.24) is 4.98 Å². The summed E-state index contributed by atoms with van der Waals surface area (Å²) in [6.07, 6.45) is 16.1. The van der Waals surface area contributed by atoms with Gasteiger partial charge >= 0.3 is 7.82 Å². The predicted octanol–water partition coefficient (Wildman–Crippen LogP) is 8.92. The fourth-order valence-corrected chi connectivity index (χ4v) is 5.22. The standard InChI is InChI=1S/C30H44ClN2O6P/c1-3-4-5-6-7-8-9-10-11-12-13-16-21-36-24-28(38-27-20-19-26(22-32)33-23-27)25-37-40(34,35-2)39-30-18-15-14-17-29(30)31/h14-15,17-20,23,28H,3-13,16,21,24-25H2,1-2H3/t28-,40?/m1/s1. The number of ether oxygens (including phenoxy) is 2. The van der Waals surface area contributed by atoms with Crippen LogP contribution in [0.25, 0.3) is 0 Å². The van der Waals surface area contributed by atoms with E-state index in [9.17, 15) is 4.57 Å². The van der Waals surface area contributed by atoms with Crippen LogP contribution in [0.2, 0.25) is 5.02 Å². The van der Waals surface area contributed by atoms with Gasteiger partial charge in [-0.25, -0.2) is 9.55 Å². The van der Waals surface area contributed by atoms with Crippen molar-refractivity contribution >= 4 is 19.4 Å². The fraction of sp³-hybridized carbons (Fsp3) is 0.600. The van der Waals surface area contributed by atoms with Gasteiger partial charge in [-0.05, 0) is 30.7 Å². The monoisotopic (exact) mass is 594 g/mol. The van der Waals surface area contributed by atoms with Gasteiger partial charge in [0.05, 0.1) is 24.4 Å². The van der Waals surface area contributed by atoms with E-state index in [1.54, 1.807) is 36.4 Å². The van der Waals surface area contributed by atoms with E-state index in [4.69, 9.17) is 39.9 Å². The molecule has 0 aliphatic carbocycles. The van der Waals surface area contributed by atoms with Crippen LogP contribution >= 0.6 is 19.4 Å². The van der Waals surface area contributed by atoms with Crippen molar-refractivity contribution < 1.29 is 27.6 Å². The molecule has 0 N–H and O–H groups in total. The third kappa shape index (κ3) is 14.5. The van der Waals surface area contributed by atoms with Crippen LogP contribution in [-0.2, 0) is 18.3 Å². The highest BCUT2D eigenvalue weighted by atomic mass is 35.5. The summed E-state index contributed by atoms with van der Waals surface area (Å²) in [6.45, 7) is 2.91. The van der Waals surface area contributed by atoms with Crippen molar-refractivity contribution in [2.75, 3.05) is 26.9 Å². The minimum Gasteiger partial charge on any atom is -0.484 e. The number of hydrogen-bond acceptors (Lipinski definition) is 8. The van der Waals surface area contributed by atoms with E-state index in [-0.39, 0.29) is 29.7 Å². The average molecular weight is 595 g/mol. The molecular weight excluding hydrogens is 551 g/mol. The number of para-hydroxylation sites is 1.